The Kier molecular flexibility index (Phi) is 8.26. The number of hydrogen-bond donors (Lipinski definition) is 1. The summed E-state index contributed by atoms with van der Waals surface area (Å²) in [5.41, 5.74) is 2.07. The van der Waals surface area contributed by atoms with Crippen LogP contribution in [0.1, 0.15) is 64.5 Å². The highest BCUT2D eigenvalue weighted by Crippen LogP contribution is 2.28. The highest BCUT2D eigenvalue weighted by molar-refractivity contribution is 5.97. The van der Waals surface area contributed by atoms with Crippen molar-refractivity contribution in [2.45, 2.75) is 72.8 Å². The van der Waals surface area contributed by atoms with Gasteiger partial charge in [-0.05, 0) is 63.3 Å². The molecule has 0 aliphatic carbocycles. The summed E-state index contributed by atoms with van der Waals surface area (Å²) in [5, 5.41) is 3.02. The van der Waals surface area contributed by atoms with Crippen molar-refractivity contribution in [1.82, 2.24) is 0 Å². The molecule has 1 atom stereocenters. The molecular formula is C20H33NO3. The third-order valence-electron chi connectivity index (χ3n) is 4.00. The van der Waals surface area contributed by atoms with Gasteiger partial charge in [0.15, 0.2) is 0 Å². The van der Waals surface area contributed by atoms with Crippen LogP contribution < -0.4 is 10.1 Å². The highest BCUT2D eigenvalue weighted by Gasteiger charge is 2.33. The van der Waals surface area contributed by atoms with Crippen LogP contribution in [0.2, 0.25) is 0 Å². The zero-order valence-corrected chi connectivity index (χ0v) is 16.1. The zero-order valence-electron chi connectivity index (χ0n) is 16.1. The molecule has 0 saturated heterocycles. The molecule has 0 spiro atoms. The van der Waals surface area contributed by atoms with E-state index in [2.05, 4.69) is 19.2 Å². The van der Waals surface area contributed by atoms with Crippen molar-refractivity contribution >= 4 is 11.6 Å². The molecule has 1 rings (SSSR count). The first-order chi connectivity index (χ1) is 11.4. The van der Waals surface area contributed by atoms with Crippen LogP contribution in [0.15, 0.2) is 12.1 Å². The van der Waals surface area contributed by atoms with Crippen LogP contribution in [-0.4, -0.2) is 24.7 Å². The smallest absolute Gasteiger partial charge is 0.256 e. The molecule has 136 valence electrons. The molecule has 1 N–H and O–H groups in total. The van der Waals surface area contributed by atoms with Crippen LogP contribution >= 0.6 is 0 Å². The Morgan fingerprint density at radius 2 is 1.62 bits per heavy atom. The number of rotatable bonds is 10. The minimum absolute atomic E-state index is 0.0844. The van der Waals surface area contributed by atoms with Crippen LogP contribution in [0.4, 0.5) is 5.69 Å². The number of hydrogen-bond acceptors (Lipinski definition) is 3. The molecule has 4 heteroatoms. The van der Waals surface area contributed by atoms with Crippen molar-refractivity contribution in [2.75, 3.05) is 18.5 Å². The molecular weight excluding hydrogens is 302 g/mol. The largest absolute Gasteiger partial charge is 0.493 e. The highest BCUT2D eigenvalue weighted by atomic mass is 16.5. The molecule has 4 nitrogen and oxygen atoms in total. The van der Waals surface area contributed by atoms with Crippen LogP contribution in [-0.2, 0) is 9.53 Å². The maximum Gasteiger partial charge on any atom is 0.256 e. The van der Waals surface area contributed by atoms with E-state index in [0.717, 1.165) is 41.8 Å². The van der Waals surface area contributed by atoms with Gasteiger partial charge in [-0.25, -0.2) is 0 Å². The van der Waals surface area contributed by atoms with Crippen molar-refractivity contribution in [3.63, 3.8) is 0 Å². The van der Waals surface area contributed by atoms with Gasteiger partial charge in [0.05, 0.1) is 6.61 Å². The summed E-state index contributed by atoms with van der Waals surface area (Å²) >= 11 is 0. The molecule has 0 aliphatic heterocycles. The summed E-state index contributed by atoms with van der Waals surface area (Å²) in [6, 6.07) is 3.92. The molecule has 1 amide bonds. The number of ether oxygens (including phenoxy) is 2. The van der Waals surface area contributed by atoms with E-state index in [1.807, 2.05) is 39.8 Å². The summed E-state index contributed by atoms with van der Waals surface area (Å²) in [6.07, 6.45) is 3.47. The predicted octanol–water partition coefficient (Wildman–Crippen LogP) is 5.02. The van der Waals surface area contributed by atoms with Crippen LogP contribution in [0.25, 0.3) is 0 Å². The van der Waals surface area contributed by atoms with Crippen molar-refractivity contribution in [1.29, 1.82) is 0 Å². The second-order valence-electron chi connectivity index (χ2n) is 6.57. The van der Waals surface area contributed by atoms with Gasteiger partial charge in [0.2, 0.25) is 0 Å². The minimum Gasteiger partial charge on any atom is -0.493 e. The van der Waals surface area contributed by atoms with Gasteiger partial charge in [0.25, 0.3) is 5.91 Å². The molecule has 0 aliphatic rings. The first-order valence-corrected chi connectivity index (χ1v) is 9.07. The van der Waals surface area contributed by atoms with Crippen LogP contribution in [0.3, 0.4) is 0 Å². The van der Waals surface area contributed by atoms with E-state index in [-0.39, 0.29) is 5.91 Å². The molecule has 0 saturated carbocycles. The van der Waals surface area contributed by atoms with Crippen LogP contribution in [0.5, 0.6) is 5.75 Å². The predicted molar refractivity (Wildman–Crippen MR) is 99.9 cm³/mol. The summed E-state index contributed by atoms with van der Waals surface area (Å²) < 4.78 is 11.7. The van der Waals surface area contributed by atoms with E-state index < -0.39 is 5.60 Å². The maximum absolute atomic E-state index is 12.7. The second kappa shape index (κ2) is 9.67. The fourth-order valence-corrected chi connectivity index (χ4v) is 2.77. The van der Waals surface area contributed by atoms with E-state index in [4.69, 9.17) is 9.47 Å². The van der Waals surface area contributed by atoms with Crippen molar-refractivity contribution in [3.8, 4) is 5.75 Å². The SMILES string of the molecule is CCCOc1c(C)cc(NC(=O)[C@](C)(CCC)OCCC)cc1C. The van der Waals surface area contributed by atoms with Gasteiger partial charge in [-0.3, -0.25) is 4.79 Å². The fourth-order valence-electron chi connectivity index (χ4n) is 2.77. The van der Waals surface area contributed by atoms with Crippen molar-refractivity contribution in [3.05, 3.63) is 23.3 Å². The Bertz CT molecular complexity index is 519. The Balaban J connectivity index is 2.92. The van der Waals surface area contributed by atoms with Gasteiger partial charge >= 0.3 is 0 Å². The molecule has 24 heavy (non-hydrogen) atoms. The maximum atomic E-state index is 12.7. The first kappa shape index (κ1) is 20.5. The Morgan fingerprint density at radius 1 is 1.04 bits per heavy atom. The molecule has 1 aromatic rings. The Labute approximate surface area is 146 Å². The molecule has 0 heterocycles. The van der Waals surface area contributed by atoms with Gasteiger partial charge in [0.1, 0.15) is 11.4 Å². The van der Waals surface area contributed by atoms with E-state index in [1.165, 1.54) is 0 Å². The number of carbonyl (C=O) groups is 1. The number of anilines is 1. The third-order valence-corrected chi connectivity index (χ3v) is 4.00. The number of aryl methyl sites for hydroxylation is 2. The monoisotopic (exact) mass is 335 g/mol. The summed E-state index contributed by atoms with van der Waals surface area (Å²) in [5.74, 6) is 0.826. The number of benzene rings is 1. The number of nitrogens with one attached hydrogen (secondary N) is 1. The summed E-state index contributed by atoms with van der Waals surface area (Å²) in [7, 11) is 0. The van der Waals surface area contributed by atoms with Crippen molar-refractivity contribution < 1.29 is 14.3 Å². The van der Waals surface area contributed by atoms with Gasteiger partial charge in [-0.1, -0.05) is 27.2 Å². The third kappa shape index (κ3) is 5.52. The Hall–Kier alpha value is -1.55. The number of carbonyl (C=O) groups excluding carboxylic acids is 1. The Morgan fingerprint density at radius 3 is 2.12 bits per heavy atom. The average molecular weight is 335 g/mol. The molecule has 0 unspecified atom stereocenters. The van der Waals surface area contributed by atoms with E-state index in [0.29, 0.717) is 19.6 Å². The normalized spacial score (nSPS) is 13.4. The van der Waals surface area contributed by atoms with Crippen LogP contribution in [0, 0.1) is 13.8 Å². The summed E-state index contributed by atoms with van der Waals surface area (Å²) in [6.45, 7) is 13.4. The quantitative estimate of drug-likeness (QED) is 0.653. The lowest BCUT2D eigenvalue weighted by molar-refractivity contribution is -0.140. The molecule has 0 bridgehead atoms. The lowest BCUT2D eigenvalue weighted by Crippen LogP contribution is -2.43. The number of amides is 1. The van der Waals surface area contributed by atoms with Gasteiger partial charge in [0, 0.05) is 12.3 Å². The minimum atomic E-state index is -0.788. The van der Waals surface area contributed by atoms with E-state index in [1.54, 1.807) is 0 Å². The molecule has 0 aromatic heterocycles. The van der Waals surface area contributed by atoms with Crippen molar-refractivity contribution in [2.24, 2.45) is 0 Å². The second-order valence-corrected chi connectivity index (χ2v) is 6.57. The average Bonchev–Trinajstić information content (AvgIpc) is 2.52. The lowest BCUT2D eigenvalue weighted by Gasteiger charge is -2.28. The van der Waals surface area contributed by atoms with E-state index in [9.17, 15) is 4.79 Å². The van der Waals surface area contributed by atoms with Gasteiger partial charge in [-0.2, -0.15) is 0 Å². The summed E-state index contributed by atoms with van der Waals surface area (Å²) in [4.78, 5) is 12.7. The molecule has 0 fully saturated rings. The molecule has 0 radical (unpaired) electrons. The first-order valence-electron chi connectivity index (χ1n) is 9.07. The molecule has 1 aromatic carbocycles. The standard InChI is InChI=1S/C20H33NO3/c1-7-10-20(6,24-12-9-3)19(22)21-17-13-15(4)18(16(5)14-17)23-11-8-2/h13-14H,7-12H2,1-6H3,(H,21,22)/t20-/m0/s1. The van der Waals surface area contributed by atoms with Gasteiger partial charge in [-0.15, -0.1) is 0 Å². The topological polar surface area (TPSA) is 47.6 Å². The fraction of sp³-hybridized carbons (Fsp3) is 0.650. The van der Waals surface area contributed by atoms with E-state index >= 15 is 0 Å². The zero-order chi connectivity index (χ0) is 18.2. The van der Waals surface area contributed by atoms with Gasteiger partial charge < -0.3 is 14.8 Å². The lowest BCUT2D eigenvalue weighted by atomic mass is 9.98.